The smallest absolute Gasteiger partial charge is 0.234 e. The van der Waals surface area contributed by atoms with E-state index in [4.69, 9.17) is 0 Å². The topological polar surface area (TPSA) is 32.3 Å². The van der Waals surface area contributed by atoms with Crippen molar-refractivity contribution in [1.82, 2.24) is 5.32 Å². The van der Waals surface area contributed by atoms with E-state index in [0.29, 0.717) is 6.54 Å². The Morgan fingerprint density at radius 1 is 1.41 bits per heavy atom. The van der Waals surface area contributed by atoms with Crippen LogP contribution in [0.25, 0.3) is 0 Å². The van der Waals surface area contributed by atoms with Crippen molar-refractivity contribution in [2.75, 3.05) is 25.5 Å². The first-order valence-electron chi connectivity index (χ1n) is 5.77. The van der Waals surface area contributed by atoms with Crippen molar-refractivity contribution >= 4 is 11.6 Å². The van der Waals surface area contributed by atoms with Crippen molar-refractivity contribution in [2.45, 2.75) is 12.8 Å². The van der Waals surface area contributed by atoms with Crippen molar-refractivity contribution in [1.29, 1.82) is 0 Å². The van der Waals surface area contributed by atoms with Crippen LogP contribution in [-0.2, 0) is 4.79 Å². The lowest BCUT2D eigenvalue weighted by atomic mass is 10.1. The van der Waals surface area contributed by atoms with Gasteiger partial charge in [0.25, 0.3) is 0 Å². The summed E-state index contributed by atoms with van der Waals surface area (Å²) in [5, 5.41) is 3.06. The van der Waals surface area contributed by atoms with Crippen LogP contribution in [0, 0.1) is 11.2 Å². The Morgan fingerprint density at radius 2 is 2.00 bits per heavy atom. The fourth-order valence-electron chi connectivity index (χ4n) is 2.09. The Kier molecular flexibility index (Phi) is 3.15. The van der Waals surface area contributed by atoms with Crippen LogP contribution in [0.15, 0.2) is 24.3 Å². The van der Waals surface area contributed by atoms with Gasteiger partial charge in [-0.1, -0.05) is 0 Å². The molecule has 17 heavy (non-hydrogen) atoms. The minimum absolute atomic E-state index is 0.110. The van der Waals surface area contributed by atoms with Gasteiger partial charge in [0.2, 0.25) is 5.91 Å². The van der Waals surface area contributed by atoms with E-state index in [1.165, 1.54) is 12.1 Å². The third-order valence-corrected chi connectivity index (χ3v) is 3.34. The molecule has 1 aromatic rings. The molecule has 0 saturated heterocycles. The minimum Gasteiger partial charge on any atom is -0.319 e. The van der Waals surface area contributed by atoms with E-state index in [0.717, 1.165) is 18.5 Å². The first kappa shape index (κ1) is 12.0. The molecule has 0 radical (unpaired) electrons. The molecule has 0 unspecified atom stereocenters. The Morgan fingerprint density at radius 3 is 2.47 bits per heavy atom. The van der Waals surface area contributed by atoms with Crippen molar-refractivity contribution < 1.29 is 9.18 Å². The maximum atomic E-state index is 12.8. The number of halogens is 1. The average Bonchev–Trinajstić information content (AvgIpc) is 3.10. The number of carbonyl (C=O) groups excluding carboxylic acids is 1. The van der Waals surface area contributed by atoms with Gasteiger partial charge < -0.3 is 10.2 Å². The number of benzene rings is 1. The fraction of sp³-hybridized carbons (Fsp3) is 0.462. The Bertz CT molecular complexity index is 412. The van der Waals surface area contributed by atoms with Crippen molar-refractivity contribution in [3.05, 3.63) is 30.1 Å². The molecule has 1 amide bonds. The number of nitrogens with one attached hydrogen (secondary N) is 1. The number of hydrogen-bond acceptors (Lipinski definition) is 2. The van der Waals surface area contributed by atoms with E-state index in [-0.39, 0.29) is 17.1 Å². The maximum Gasteiger partial charge on any atom is 0.234 e. The largest absolute Gasteiger partial charge is 0.319 e. The molecule has 0 heterocycles. The molecule has 4 heteroatoms. The second-order valence-corrected chi connectivity index (χ2v) is 4.65. The lowest BCUT2D eigenvalue weighted by Gasteiger charge is -2.23. The van der Waals surface area contributed by atoms with E-state index in [1.54, 1.807) is 24.1 Å². The van der Waals surface area contributed by atoms with Gasteiger partial charge in [-0.3, -0.25) is 4.79 Å². The third-order valence-electron chi connectivity index (χ3n) is 3.34. The number of anilines is 1. The second kappa shape index (κ2) is 4.45. The molecule has 1 aliphatic carbocycles. The molecule has 0 atom stereocenters. The molecular weight excluding hydrogens is 219 g/mol. The molecular formula is C13H17FN2O. The predicted molar refractivity (Wildman–Crippen MR) is 65.4 cm³/mol. The third kappa shape index (κ3) is 2.31. The zero-order valence-electron chi connectivity index (χ0n) is 10.2. The molecule has 92 valence electrons. The van der Waals surface area contributed by atoms with Gasteiger partial charge >= 0.3 is 0 Å². The Balaban J connectivity index is 2.12. The van der Waals surface area contributed by atoms with E-state index in [1.807, 2.05) is 7.05 Å². The number of rotatable bonds is 4. The second-order valence-electron chi connectivity index (χ2n) is 4.65. The van der Waals surface area contributed by atoms with Gasteiger partial charge in [-0.25, -0.2) is 4.39 Å². The summed E-state index contributed by atoms with van der Waals surface area (Å²) in [5.41, 5.74) is 0.497. The van der Waals surface area contributed by atoms with Crippen LogP contribution in [0.2, 0.25) is 0 Å². The highest BCUT2D eigenvalue weighted by atomic mass is 19.1. The number of amides is 1. The van der Waals surface area contributed by atoms with Gasteiger partial charge in [0.05, 0.1) is 5.41 Å². The van der Waals surface area contributed by atoms with Crippen molar-refractivity contribution in [3.63, 3.8) is 0 Å². The molecule has 1 aromatic carbocycles. The molecule has 1 N–H and O–H groups in total. The summed E-state index contributed by atoms with van der Waals surface area (Å²) in [7, 11) is 3.59. The summed E-state index contributed by atoms with van der Waals surface area (Å²) >= 11 is 0. The Hall–Kier alpha value is -1.42. The maximum absolute atomic E-state index is 12.8. The van der Waals surface area contributed by atoms with Gasteiger partial charge in [0.15, 0.2) is 0 Å². The highest BCUT2D eigenvalue weighted by Crippen LogP contribution is 2.46. The van der Waals surface area contributed by atoms with Crippen LogP contribution >= 0.6 is 0 Å². The standard InChI is InChI=1S/C13H17FN2O/c1-15-9-13(7-8-13)12(17)16(2)11-5-3-10(14)4-6-11/h3-6,15H,7-9H2,1-2H3. The van der Waals surface area contributed by atoms with E-state index in [2.05, 4.69) is 5.32 Å². The molecule has 2 rings (SSSR count). The quantitative estimate of drug-likeness (QED) is 0.864. The van der Waals surface area contributed by atoms with Gasteiger partial charge in [-0.2, -0.15) is 0 Å². The summed E-state index contributed by atoms with van der Waals surface area (Å²) in [6.45, 7) is 0.706. The zero-order chi connectivity index (χ0) is 12.5. The summed E-state index contributed by atoms with van der Waals surface area (Å²) < 4.78 is 12.8. The van der Waals surface area contributed by atoms with Gasteiger partial charge in [0.1, 0.15) is 5.82 Å². The molecule has 0 spiro atoms. The fourth-order valence-corrected chi connectivity index (χ4v) is 2.09. The molecule has 0 bridgehead atoms. The highest BCUT2D eigenvalue weighted by Gasteiger charge is 2.50. The lowest BCUT2D eigenvalue weighted by molar-refractivity contribution is -0.123. The normalized spacial score (nSPS) is 16.6. The average molecular weight is 236 g/mol. The van der Waals surface area contributed by atoms with Crippen molar-refractivity contribution in [2.24, 2.45) is 5.41 Å². The monoisotopic (exact) mass is 236 g/mol. The first-order chi connectivity index (χ1) is 8.09. The van der Waals surface area contributed by atoms with Crippen LogP contribution in [0.1, 0.15) is 12.8 Å². The van der Waals surface area contributed by atoms with E-state index in [9.17, 15) is 9.18 Å². The zero-order valence-corrected chi connectivity index (χ0v) is 10.2. The van der Waals surface area contributed by atoms with Crippen LogP contribution in [0.5, 0.6) is 0 Å². The summed E-state index contributed by atoms with van der Waals surface area (Å²) in [6, 6.07) is 6.00. The van der Waals surface area contributed by atoms with Gasteiger partial charge in [-0.05, 0) is 44.2 Å². The minimum atomic E-state index is -0.286. The number of hydrogen-bond donors (Lipinski definition) is 1. The van der Waals surface area contributed by atoms with E-state index < -0.39 is 0 Å². The number of carbonyl (C=O) groups is 1. The predicted octanol–water partition coefficient (Wildman–Crippen LogP) is 1.79. The molecule has 3 nitrogen and oxygen atoms in total. The van der Waals surface area contributed by atoms with E-state index >= 15 is 0 Å². The molecule has 0 aliphatic heterocycles. The number of nitrogens with zero attached hydrogens (tertiary/aromatic N) is 1. The summed E-state index contributed by atoms with van der Waals surface area (Å²) in [5.74, 6) is -0.176. The van der Waals surface area contributed by atoms with Crippen LogP contribution in [0.4, 0.5) is 10.1 Å². The van der Waals surface area contributed by atoms with Crippen LogP contribution in [-0.4, -0.2) is 26.5 Å². The highest BCUT2D eigenvalue weighted by molar-refractivity contribution is 5.99. The molecule has 1 saturated carbocycles. The van der Waals surface area contributed by atoms with Crippen LogP contribution < -0.4 is 10.2 Å². The van der Waals surface area contributed by atoms with Gasteiger partial charge in [-0.15, -0.1) is 0 Å². The molecule has 1 fully saturated rings. The van der Waals surface area contributed by atoms with Crippen molar-refractivity contribution in [3.8, 4) is 0 Å². The Labute approximate surface area is 101 Å². The summed E-state index contributed by atoms with van der Waals surface area (Å²) in [4.78, 5) is 13.9. The SMILES string of the molecule is CNCC1(C(=O)N(C)c2ccc(F)cc2)CC1. The summed E-state index contributed by atoms with van der Waals surface area (Å²) in [6.07, 6.45) is 1.86. The van der Waals surface area contributed by atoms with Crippen LogP contribution in [0.3, 0.4) is 0 Å². The molecule has 0 aromatic heterocycles. The van der Waals surface area contributed by atoms with Gasteiger partial charge in [0, 0.05) is 19.3 Å². The molecule has 1 aliphatic rings. The lowest BCUT2D eigenvalue weighted by Crippen LogP contribution is -2.39. The first-order valence-corrected chi connectivity index (χ1v) is 5.77.